The van der Waals surface area contributed by atoms with Crippen LogP contribution in [0.4, 0.5) is 0 Å². The quantitative estimate of drug-likeness (QED) is 0.429. The highest BCUT2D eigenvalue weighted by Gasteiger charge is 2.78. The Morgan fingerprint density at radius 2 is 1.62 bits per heavy atom. The molecule has 5 aliphatic carbocycles. The standard InChI is InChI=1S/C33H42O7/c1-29-16-23(19-4-6-21(7-5-19)30(2)36-10-11-37-30)27-22(25(29)15-20-14-24(20)29)8-9-31(34)18-33(38-12-13-39-33)32(17-26(27)31)28(35-3)40-32/h4-7,20,22-25,28,34H,8-18H2,1-3H3/t20-,22+,23-,24-,25+,28?,29-,31-,32?/m1/s1. The summed E-state index contributed by atoms with van der Waals surface area (Å²) in [6.07, 6.45) is 6.33. The molecule has 3 saturated heterocycles. The number of benzene rings is 1. The van der Waals surface area contributed by atoms with Crippen LogP contribution in [0.25, 0.3) is 0 Å². The molecule has 216 valence electrons. The van der Waals surface area contributed by atoms with Crippen molar-refractivity contribution in [3.8, 4) is 0 Å². The summed E-state index contributed by atoms with van der Waals surface area (Å²) in [7, 11) is 1.70. The maximum absolute atomic E-state index is 12.5. The maximum atomic E-state index is 12.5. The molecule has 7 fully saturated rings. The van der Waals surface area contributed by atoms with Crippen molar-refractivity contribution in [1.29, 1.82) is 0 Å². The van der Waals surface area contributed by atoms with Gasteiger partial charge in [0.25, 0.3) is 0 Å². The van der Waals surface area contributed by atoms with Crippen LogP contribution in [0.1, 0.15) is 75.8 Å². The van der Waals surface area contributed by atoms with Gasteiger partial charge in [-0.2, -0.15) is 0 Å². The van der Waals surface area contributed by atoms with E-state index in [1.807, 2.05) is 6.92 Å². The third kappa shape index (κ3) is 3.10. The zero-order valence-corrected chi connectivity index (χ0v) is 23.9. The molecule has 7 nitrogen and oxygen atoms in total. The fraction of sp³-hybridized carbons (Fsp3) is 0.758. The molecule has 1 aromatic carbocycles. The minimum absolute atomic E-state index is 0.274. The van der Waals surface area contributed by atoms with E-state index in [4.69, 9.17) is 28.4 Å². The summed E-state index contributed by atoms with van der Waals surface area (Å²) in [4.78, 5) is 0. The van der Waals surface area contributed by atoms with Gasteiger partial charge in [0.15, 0.2) is 17.7 Å². The molecule has 3 heterocycles. The van der Waals surface area contributed by atoms with Crippen LogP contribution in [0.3, 0.4) is 0 Å². The number of fused-ring (bicyclic) bond motifs is 7. The molecule has 7 heteroatoms. The van der Waals surface area contributed by atoms with Crippen LogP contribution in [-0.4, -0.2) is 61.9 Å². The third-order valence-corrected chi connectivity index (χ3v) is 12.8. The lowest BCUT2D eigenvalue weighted by molar-refractivity contribution is -0.246. The van der Waals surface area contributed by atoms with Gasteiger partial charge in [-0.25, -0.2) is 0 Å². The van der Waals surface area contributed by atoms with Gasteiger partial charge in [0, 0.05) is 31.4 Å². The molecule has 40 heavy (non-hydrogen) atoms. The monoisotopic (exact) mass is 550 g/mol. The van der Waals surface area contributed by atoms with Crippen LogP contribution in [0, 0.1) is 29.1 Å². The number of hydrogen-bond acceptors (Lipinski definition) is 7. The highest BCUT2D eigenvalue weighted by molar-refractivity contribution is 5.47. The normalized spacial score (nSPS) is 49.1. The lowest BCUT2D eigenvalue weighted by atomic mass is 9.50. The second-order valence-electron chi connectivity index (χ2n) is 14.5. The fourth-order valence-corrected chi connectivity index (χ4v) is 10.7. The molecule has 1 N–H and O–H groups in total. The van der Waals surface area contributed by atoms with Gasteiger partial charge in [0.1, 0.15) is 0 Å². The second kappa shape index (κ2) is 7.98. The van der Waals surface area contributed by atoms with Gasteiger partial charge in [0.05, 0.1) is 32.0 Å². The fourth-order valence-electron chi connectivity index (χ4n) is 10.7. The Labute approximate surface area is 236 Å². The van der Waals surface area contributed by atoms with Crippen LogP contribution in [0.5, 0.6) is 0 Å². The Kier molecular flexibility index (Phi) is 5.03. The molecule has 1 aromatic rings. The molecule has 4 saturated carbocycles. The molecule has 0 bridgehead atoms. The molecule has 0 amide bonds. The van der Waals surface area contributed by atoms with E-state index in [1.165, 1.54) is 29.6 Å². The maximum Gasteiger partial charge on any atom is 0.206 e. The van der Waals surface area contributed by atoms with Gasteiger partial charge >= 0.3 is 0 Å². The Morgan fingerprint density at radius 1 is 0.925 bits per heavy atom. The van der Waals surface area contributed by atoms with E-state index >= 15 is 0 Å². The van der Waals surface area contributed by atoms with E-state index < -0.39 is 22.8 Å². The van der Waals surface area contributed by atoms with Gasteiger partial charge in [-0.15, -0.1) is 0 Å². The highest BCUT2D eigenvalue weighted by atomic mass is 16.8. The molecule has 2 unspecified atom stereocenters. The predicted molar refractivity (Wildman–Crippen MR) is 144 cm³/mol. The van der Waals surface area contributed by atoms with E-state index in [1.54, 1.807) is 7.11 Å². The Balaban J connectivity index is 1.17. The summed E-state index contributed by atoms with van der Waals surface area (Å²) in [5.74, 6) is 1.61. The molecule has 9 atom stereocenters. The van der Waals surface area contributed by atoms with Crippen molar-refractivity contribution >= 4 is 0 Å². The van der Waals surface area contributed by atoms with Gasteiger partial charge in [0.2, 0.25) is 5.79 Å². The lowest BCUT2D eigenvalue weighted by Gasteiger charge is -2.57. The first-order chi connectivity index (χ1) is 19.2. The zero-order valence-electron chi connectivity index (χ0n) is 23.9. The molecule has 9 rings (SSSR count). The number of methoxy groups -OCH3 is 1. The number of rotatable bonds is 3. The minimum Gasteiger partial charge on any atom is -0.385 e. The number of epoxide rings is 1. The molecule has 2 spiro atoms. The van der Waals surface area contributed by atoms with Gasteiger partial charge < -0.3 is 33.5 Å². The SMILES string of the molecule is COC1OC12CC1=C3[C@@H](CC[C@@]1(O)CC21OCCO1)[C@@H]1C[C@H]2C[C@H]2[C@@]1(C)C[C@@H]3c1ccc(C2(C)OCCO2)cc1. The zero-order chi connectivity index (χ0) is 27.1. The predicted octanol–water partition coefficient (Wildman–Crippen LogP) is 4.77. The van der Waals surface area contributed by atoms with E-state index in [0.29, 0.717) is 56.5 Å². The van der Waals surface area contributed by atoms with Crippen molar-refractivity contribution in [3.05, 3.63) is 46.5 Å². The Hall–Kier alpha value is -1.32. The van der Waals surface area contributed by atoms with Gasteiger partial charge in [-0.05, 0) is 79.3 Å². The number of ether oxygens (including phenoxy) is 6. The minimum atomic E-state index is -0.946. The van der Waals surface area contributed by atoms with E-state index in [0.717, 1.165) is 36.7 Å². The highest BCUT2D eigenvalue weighted by Crippen LogP contribution is 2.75. The van der Waals surface area contributed by atoms with Crippen molar-refractivity contribution < 1.29 is 33.5 Å². The average Bonchev–Trinajstić information content (AvgIpc) is 3.72. The first kappa shape index (κ1) is 25.2. The van der Waals surface area contributed by atoms with Gasteiger partial charge in [-0.3, -0.25) is 0 Å². The number of hydrogen-bond donors (Lipinski definition) is 1. The number of allylic oxidation sites excluding steroid dienone is 1. The topological polar surface area (TPSA) is 78.9 Å². The summed E-state index contributed by atoms with van der Waals surface area (Å²) in [6, 6.07) is 8.99. The lowest BCUT2D eigenvalue weighted by Crippen LogP contribution is -2.61. The molecule has 3 aliphatic heterocycles. The molecule has 0 radical (unpaired) electrons. The summed E-state index contributed by atoms with van der Waals surface area (Å²) >= 11 is 0. The van der Waals surface area contributed by atoms with Crippen LogP contribution in [0.2, 0.25) is 0 Å². The first-order valence-electron chi connectivity index (χ1n) is 15.6. The van der Waals surface area contributed by atoms with Crippen molar-refractivity contribution in [1.82, 2.24) is 0 Å². The summed E-state index contributed by atoms with van der Waals surface area (Å²) in [5, 5.41) is 12.5. The van der Waals surface area contributed by atoms with E-state index in [2.05, 4.69) is 31.2 Å². The van der Waals surface area contributed by atoms with Crippen molar-refractivity contribution in [3.63, 3.8) is 0 Å². The molecular formula is C33H42O7. The second-order valence-corrected chi connectivity index (χ2v) is 14.5. The van der Waals surface area contributed by atoms with Gasteiger partial charge in [-0.1, -0.05) is 36.8 Å². The summed E-state index contributed by atoms with van der Waals surface area (Å²) in [5.41, 5.74) is 3.81. The Morgan fingerprint density at radius 3 is 2.33 bits per heavy atom. The third-order valence-electron chi connectivity index (χ3n) is 12.8. The summed E-state index contributed by atoms with van der Waals surface area (Å²) in [6.45, 7) is 6.90. The van der Waals surface area contributed by atoms with Crippen LogP contribution < -0.4 is 0 Å². The molecular weight excluding hydrogens is 508 g/mol. The Bertz CT molecular complexity index is 1260. The van der Waals surface area contributed by atoms with E-state index in [9.17, 15) is 5.11 Å². The first-order valence-corrected chi connectivity index (χ1v) is 15.6. The van der Waals surface area contributed by atoms with Crippen LogP contribution in [0.15, 0.2) is 35.4 Å². The van der Waals surface area contributed by atoms with Crippen LogP contribution >= 0.6 is 0 Å². The van der Waals surface area contributed by atoms with E-state index in [-0.39, 0.29) is 12.2 Å². The largest absolute Gasteiger partial charge is 0.385 e. The number of aliphatic hydroxyl groups is 1. The molecule has 8 aliphatic rings. The summed E-state index contributed by atoms with van der Waals surface area (Å²) < 4.78 is 36.6. The van der Waals surface area contributed by atoms with Crippen molar-refractivity contribution in [2.24, 2.45) is 29.1 Å². The smallest absolute Gasteiger partial charge is 0.206 e. The van der Waals surface area contributed by atoms with Crippen LogP contribution in [-0.2, 0) is 34.2 Å². The molecule has 0 aromatic heterocycles. The average molecular weight is 551 g/mol. The van der Waals surface area contributed by atoms with Crippen molar-refractivity contribution in [2.45, 2.75) is 93.8 Å². The van der Waals surface area contributed by atoms with Crippen molar-refractivity contribution in [2.75, 3.05) is 33.5 Å².